The van der Waals surface area contributed by atoms with E-state index in [0.29, 0.717) is 6.42 Å². The summed E-state index contributed by atoms with van der Waals surface area (Å²) in [6.07, 6.45) is 1.08. The van der Waals surface area contributed by atoms with Gasteiger partial charge < -0.3 is 15.4 Å². The minimum Gasteiger partial charge on any atom is -0.444 e. The monoisotopic (exact) mass is 242 g/mol. The fourth-order valence-electron chi connectivity index (χ4n) is 1.86. The van der Waals surface area contributed by atoms with Gasteiger partial charge in [-0.2, -0.15) is 0 Å². The van der Waals surface area contributed by atoms with Crippen molar-refractivity contribution in [3.05, 3.63) is 0 Å². The van der Waals surface area contributed by atoms with Crippen LogP contribution >= 0.6 is 0 Å². The predicted molar refractivity (Wildman–Crippen MR) is 64.6 cm³/mol. The standard InChI is InChI=1S/C12H22N2O3/c1-8(7-9-5-6-13-10(9)15)14-11(16)17-12(2,3)4/h8-9H,5-7H2,1-4H3,(H,13,15)(H,14,16). The molecule has 1 aliphatic rings. The van der Waals surface area contributed by atoms with Crippen molar-refractivity contribution in [2.45, 2.75) is 52.2 Å². The van der Waals surface area contributed by atoms with Gasteiger partial charge in [0, 0.05) is 18.5 Å². The number of hydrogen-bond acceptors (Lipinski definition) is 3. The summed E-state index contributed by atoms with van der Waals surface area (Å²) in [5, 5.41) is 5.53. The molecule has 0 bridgehead atoms. The second kappa shape index (κ2) is 5.38. The zero-order valence-electron chi connectivity index (χ0n) is 11.0. The summed E-state index contributed by atoms with van der Waals surface area (Å²) in [6, 6.07) is -0.0568. The molecule has 98 valence electrons. The molecule has 1 aliphatic heterocycles. The van der Waals surface area contributed by atoms with Gasteiger partial charge in [0.15, 0.2) is 0 Å². The minimum absolute atomic E-state index is 0.0138. The second-order valence-corrected chi connectivity index (χ2v) is 5.56. The Morgan fingerprint density at radius 3 is 2.71 bits per heavy atom. The van der Waals surface area contributed by atoms with E-state index in [1.165, 1.54) is 0 Å². The van der Waals surface area contributed by atoms with E-state index in [0.717, 1.165) is 13.0 Å². The molecule has 0 aromatic heterocycles. The third-order valence-corrected chi connectivity index (χ3v) is 2.56. The van der Waals surface area contributed by atoms with Gasteiger partial charge in [-0.05, 0) is 40.5 Å². The number of ether oxygens (including phenoxy) is 1. The molecule has 2 amide bonds. The first kappa shape index (κ1) is 13.8. The molecule has 1 rings (SSSR count). The molecule has 0 saturated carbocycles. The topological polar surface area (TPSA) is 67.4 Å². The number of rotatable bonds is 3. The van der Waals surface area contributed by atoms with Crippen LogP contribution in [0.25, 0.3) is 0 Å². The second-order valence-electron chi connectivity index (χ2n) is 5.56. The van der Waals surface area contributed by atoms with Gasteiger partial charge >= 0.3 is 6.09 Å². The van der Waals surface area contributed by atoms with Crippen molar-refractivity contribution in [1.82, 2.24) is 10.6 Å². The van der Waals surface area contributed by atoms with Gasteiger partial charge in [-0.1, -0.05) is 0 Å². The van der Waals surface area contributed by atoms with Crippen LogP contribution in [0.15, 0.2) is 0 Å². The third kappa shape index (κ3) is 5.06. The average molecular weight is 242 g/mol. The lowest BCUT2D eigenvalue weighted by Gasteiger charge is -2.22. The Morgan fingerprint density at radius 2 is 2.24 bits per heavy atom. The normalized spacial score (nSPS) is 21.9. The van der Waals surface area contributed by atoms with Crippen molar-refractivity contribution in [2.75, 3.05) is 6.54 Å². The summed E-state index contributed by atoms with van der Waals surface area (Å²) >= 11 is 0. The Labute approximate surface area is 102 Å². The highest BCUT2D eigenvalue weighted by molar-refractivity contribution is 5.80. The highest BCUT2D eigenvalue weighted by Gasteiger charge is 2.27. The molecule has 17 heavy (non-hydrogen) atoms. The van der Waals surface area contributed by atoms with Gasteiger partial charge in [0.1, 0.15) is 5.60 Å². The molecule has 0 spiro atoms. The van der Waals surface area contributed by atoms with Crippen LogP contribution in [-0.2, 0) is 9.53 Å². The van der Waals surface area contributed by atoms with Gasteiger partial charge in [0.2, 0.25) is 5.91 Å². The van der Waals surface area contributed by atoms with Crippen molar-refractivity contribution in [1.29, 1.82) is 0 Å². The van der Waals surface area contributed by atoms with Crippen molar-refractivity contribution in [2.24, 2.45) is 5.92 Å². The van der Waals surface area contributed by atoms with Gasteiger partial charge in [0.25, 0.3) is 0 Å². The lowest BCUT2D eigenvalue weighted by molar-refractivity contribution is -0.122. The molecule has 1 heterocycles. The first-order chi connectivity index (χ1) is 7.78. The molecule has 0 aromatic rings. The van der Waals surface area contributed by atoms with Gasteiger partial charge in [-0.3, -0.25) is 4.79 Å². The summed E-state index contributed by atoms with van der Waals surface area (Å²) in [6.45, 7) is 8.09. The highest BCUT2D eigenvalue weighted by Crippen LogP contribution is 2.16. The molecule has 0 aliphatic carbocycles. The van der Waals surface area contributed by atoms with Crippen LogP contribution in [0.5, 0.6) is 0 Å². The van der Waals surface area contributed by atoms with E-state index in [-0.39, 0.29) is 17.9 Å². The van der Waals surface area contributed by atoms with Crippen molar-refractivity contribution >= 4 is 12.0 Å². The van der Waals surface area contributed by atoms with Crippen LogP contribution in [0.3, 0.4) is 0 Å². The molecule has 0 radical (unpaired) electrons. The van der Waals surface area contributed by atoms with Crippen LogP contribution in [0.4, 0.5) is 4.79 Å². The predicted octanol–water partition coefficient (Wildman–Crippen LogP) is 1.43. The molecular formula is C12H22N2O3. The van der Waals surface area contributed by atoms with E-state index >= 15 is 0 Å². The van der Waals surface area contributed by atoms with Crippen LogP contribution < -0.4 is 10.6 Å². The third-order valence-electron chi connectivity index (χ3n) is 2.56. The first-order valence-corrected chi connectivity index (χ1v) is 6.05. The first-order valence-electron chi connectivity index (χ1n) is 6.05. The smallest absolute Gasteiger partial charge is 0.407 e. The molecular weight excluding hydrogens is 220 g/mol. The summed E-state index contributed by atoms with van der Waals surface area (Å²) < 4.78 is 5.15. The molecule has 1 saturated heterocycles. The Bertz CT molecular complexity index is 297. The van der Waals surface area contributed by atoms with E-state index in [1.54, 1.807) is 0 Å². The average Bonchev–Trinajstić information content (AvgIpc) is 2.47. The zero-order valence-corrected chi connectivity index (χ0v) is 11.0. The zero-order chi connectivity index (χ0) is 13.1. The largest absolute Gasteiger partial charge is 0.444 e. The Morgan fingerprint density at radius 1 is 1.59 bits per heavy atom. The fraction of sp³-hybridized carbons (Fsp3) is 0.833. The lowest BCUT2D eigenvalue weighted by atomic mass is 9.99. The van der Waals surface area contributed by atoms with Crippen molar-refractivity contribution < 1.29 is 14.3 Å². The maximum Gasteiger partial charge on any atom is 0.407 e. The molecule has 5 heteroatoms. The van der Waals surface area contributed by atoms with Crippen molar-refractivity contribution in [3.8, 4) is 0 Å². The summed E-state index contributed by atoms with van der Waals surface area (Å²) in [5.41, 5.74) is -0.492. The van der Waals surface area contributed by atoms with E-state index in [9.17, 15) is 9.59 Å². The quantitative estimate of drug-likeness (QED) is 0.786. The summed E-state index contributed by atoms with van der Waals surface area (Å²) in [4.78, 5) is 22.9. The van der Waals surface area contributed by atoms with Gasteiger partial charge in [0.05, 0.1) is 0 Å². The molecule has 2 N–H and O–H groups in total. The van der Waals surface area contributed by atoms with Crippen LogP contribution in [-0.4, -0.2) is 30.2 Å². The number of alkyl carbamates (subject to hydrolysis) is 1. The lowest BCUT2D eigenvalue weighted by Crippen LogP contribution is -2.39. The Kier molecular flexibility index (Phi) is 4.37. The number of nitrogens with one attached hydrogen (secondary N) is 2. The van der Waals surface area contributed by atoms with Crippen molar-refractivity contribution in [3.63, 3.8) is 0 Å². The van der Waals surface area contributed by atoms with Gasteiger partial charge in [-0.25, -0.2) is 4.79 Å². The maximum absolute atomic E-state index is 11.5. The van der Waals surface area contributed by atoms with Crippen LogP contribution in [0.2, 0.25) is 0 Å². The van der Waals surface area contributed by atoms with Crippen LogP contribution in [0, 0.1) is 5.92 Å². The van der Waals surface area contributed by atoms with E-state index in [1.807, 2.05) is 27.7 Å². The summed E-state index contributed by atoms with van der Waals surface area (Å²) in [5.74, 6) is 0.0998. The SMILES string of the molecule is CC(CC1CCNC1=O)NC(=O)OC(C)(C)C. The van der Waals surface area contributed by atoms with Crippen LogP contribution in [0.1, 0.15) is 40.5 Å². The number of amides is 2. The van der Waals surface area contributed by atoms with Gasteiger partial charge in [-0.15, -0.1) is 0 Å². The molecule has 5 nitrogen and oxygen atoms in total. The number of carbonyl (C=O) groups is 2. The fourth-order valence-corrected chi connectivity index (χ4v) is 1.86. The molecule has 2 atom stereocenters. The Balaban J connectivity index is 2.31. The Hall–Kier alpha value is -1.26. The van der Waals surface area contributed by atoms with E-state index in [2.05, 4.69) is 10.6 Å². The highest BCUT2D eigenvalue weighted by atomic mass is 16.6. The number of carbonyl (C=O) groups excluding carboxylic acids is 2. The molecule has 2 unspecified atom stereocenters. The molecule has 1 fully saturated rings. The maximum atomic E-state index is 11.5. The van der Waals surface area contributed by atoms with E-state index < -0.39 is 11.7 Å². The minimum atomic E-state index is -0.492. The summed E-state index contributed by atoms with van der Waals surface area (Å²) in [7, 11) is 0. The van der Waals surface area contributed by atoms with E-state index in [4.69, 9.17) is 4.74 Å². The molecule has 0 aromatic carbocycles. The number of hydrogen-bond donors (Lipinski definition) is 2.